The Morgan fingerprint density at radius 1 is 1.14 bits per heavy atom. The molecule has 146 valence electrons. The van der Waals surface area contributed by atoms with Gasteiger partial charge in [-0.05, 0) is 44.2 Å². The molecule has 4 aromatic rings. The number of thiazole rings is 1. The summed E-state index contributed by atoms with van der Waals surface area (Å²) in [5.41, 5.74) is 2.87. The van der Waals surface area contributed by atoms with Crippen molar-refractivity contribution in [2.75, 3.05) is 5.32 Å². The average molecular weight is 405 g/mol. The van der Waals surface area contributed by atoms with Gasteiger partial charge in [0.2, 0.25) is 0 Å². The molecule has 2 heterocycles. The van der Waals surface area contributed by atoms with Crippen molar-refractivity contribution in [1.29, 1.82) is 0 Å². The van der Waals surface area contributed by atoms with Crippen LogP contribution in [-0.4, -0.2) is 26.1 Å². The van der Waals surface area contributed by atoms with E-state index in [1.54, 1.807) is 29.5 Å². The van der Waals surface area contributed by atoms with E-state index in [9.17, 15) is 4.79 Å². The van der Waals surface area contributed by atoms with Gasteiger partial charge in [-0.25, -0.2) is 9.97 Å². The van der Waals surface area contributed by atoms with E-state index in [-0.39, 0.29) is 5.91 Å². The fourth-order valence-corrected chi connectivity index (χ4v) is 3.37. The summed E-state index contributed by atoms with van der Waals surface area (Å²) in [5, 5.41) is 12.8. The van der Waals surface area contributed by atoms with Crippen LogP contribution in [0.5, 0.6) is 5.75 Å². The fourth-order valence-electron chi connectivity index (χ4n) is 2.77. The Labute approximate surface area is 171 Å². The summed E-state index contributed by atoms with van der Waals surface area (Å²) in [6.07, 6.45) is 0. The Kier molecular flexibility index (Phi) is 5.35. The number of aryl methyl sites for hydroxylation is 2. The van der Waals surface area contributed by atoms with Crippen LogP contribution in [0.25, 0.3) is 11.4 Å². The first kappa shape index (κ1) is 18.8. The van der Waals surface area contributed by atoms with E-state index in [1.165, 1.54) is 0 Å². The number of ether oxygens (including phenoxy) is 1. The third-order valence-corrected chi connectivity index (χ3v) is 4.95. The van der Waals surface area contributed by atoms with Gasteiger partial charge in [0.1, 0.15) is 18.2 Å². The number of hydrogen-bond acceptors (Lipinski definition) is 6. The highest BCUT2D eigenvalue weighted by atomic mass is 32.1. The van der Waals surface area contributed by atoms with Gasteiger partial charge in [-0.3, -0.25) is 9.89 Å². The summed E-state index contributed by atoms with van der Waals surface area (Å²) in [6.45, 7) is 4.16. The molecule has 0 saturated carbocycles. The molecule has 0 atom stereocenters. The van der Waals surface area contributed by atoms with E-state index in [0.29, 0.717) is 29.4 Å². The van der Waals surface area contributed by atoms with Gasteiger partial charge in [0.25, 0.3) is 5.91 Å². The molecule has 1 amide bonds. The third kappa shape index (κ3) is 4.67. The molecule has 8 heteroatoms. The molecule has 0 saturated heterocycles. The predicted molar refractivity (Wildman–Crippen MR) is 112 cm³/mol. The minimum absolute atomic E-state index is 0.219. The number of rotatable bonds is 6. The van der Waals surface area contributed by atoms with Crippen LogP contribution in [0.2, 0.25) is 0 Å². The van der Waals surface area contributed by atoms with Crippen molar-refractivity contribution in [2.45, 2.75) is 20.5 Å². The smallest absolute Gasteiger partial charge is 0.255 e. The Morgan fingerprint density at radius 2 is 2.00 bits per heavy atom. The van der Waals surface area contributed by atoms with E-state index in [0.717, 1.165) is 22.1 Å². The number of nitrogens with one attached hydrogen (secondary N) is 2. The molecule has 29 heavy (non-hydrogen) atoms. The third-order valence-electron chi connectivity index (χ3n) is 4.13. The van der Waals surface area contributed by atoms with Crippen molar-refractivity contribution in [3.8, 4) is 17.1 Å². The Bertz CT molecular complexity index is 1150. The maximum absolute atomic E-state index is 12.7. The Morgan fingerprint density at radius 3 is 2.76 bits per heavy atom. The second-order valence-electron chi connectivity index (χ2n) is 6.45. The van der Waals surface area contributed by atoms with Gasteiger partial charge in [-0.15, -0.1) is 11.3 Å². The monoisotopic (exact) mass is 405 g/mol. The summed E-state index contributed by atoms with van der Waals surface area (Å²) < 4.78 is 5.77. The highest BCUT2D eigenvalue weighted by Gasteiger charge is 2.10. The molecule has 2 aromatic carbocycles. The standard InChI is InChI=1S/C21H19N5O2S/c1-13-22-20(26-25-13)15-5-3-7-17(9-15)24-21(27)16-6-4-8-19(10-16)28-11-18-12-29-14(2)23-18/h3-10,12H,11H2,1-2H3,(H,24,27)(H,22,25,26). The van der Waals surface area contributed by atoms with Gasteiger partial charge in [0, 0.05) is 22.2 Å². The Balaban J connectivity index is 1.44. The lowest BCUT2D eigenvalue weighted by molar-refractivity contribution is 0.102. The molecule has 0 aliphatic carbocycles. The van der Waals surface area contributed by atoms with Gasteiger partial charge in [-0.2, -0.15) is 5.10 Å². The highest BCUT2D eigenvalue weighted by Crippen LogP contribution is 2.21. The second kappa shape index (κ2) is 8.24. The lowest BCUT2D eigenvalue weighted by atomic mass is 10.1. The number of hydrogen-bond donors (Lipinski definition) is 2. The van der Waals surface area contributed by atoms with Crippen LogP contribution in [0.1, 0.15) is 26.9 Å². The van der Waals surface area contributed by atoms with Gasteiger partial charge in [0.05, 0.1) is 10.7 Å². The number of carbonyl (C=O) groups is 1. The van der Waals surface area contributed by atoms with Crippen molar-refractivity contribution >= 4 is 22.9 Å². The maximum Gasteiger partial charge on any atom is 0.255 e. The zero-order chi connectivity index (χ0) is 20.2. The quantitative estimate of drug-likeness (QED) is 0.497. The number of anilines is 1. The van der Waals surface area contributed by atoms with Crippen LogP contribution in [0.4, 0.5) is 5.69 Å². The molecule has 4 rings (SSSR count). The number of H-pyrrole nitrogens is 1. The second-order valence-corrected chi connectivity index (χ2v) is 7.52. The molecule has 2 aromatic heterocycles. The number of amides is 1. The first-order valence-corrected chi connectivity index (χ1v) is 9.89. The van der Waals surface area contributed by atoms with Gasteiger partial charge in [-0.1, -0.05) is 18.2 Å². The minimum atomic E-state index is -0.219. The average Bonchev–Trinajstić information content (AvgIpc) is 3.35. The van der Waals surface area contributed by atoms with Crippen LogP contribution in [0.15, 0.2) is 53.9 Å². The minimum Gasteiger partial charge on any atom is -0.487 e. The zero-order valence-electron chi connectivity index (χ0n) is 16.0. The summed E-state index contributed by atoms with van der Waals surface area (Å²) in [4.78, 5) is 21.4. The van der Waals surface area contributed by atoms with Gasteiger partial charge >= 0.3 is 0 Å². The predicted octanol–water partition coefficient (Wildman–Crippen LogP) is 4.38. The molecule has 0 aliphatic heterocycles. The first-order valence-electron chi connectivity index (χ1n) is 9.01. The molecule has 0 fully saturated rings. The maximum atomic E-state index is 12.7. The summed E-state index contributed by atoms with van der Waals surface area (Å²) in [6, 6.07) is 14.5. The van der Waals surface area contributed by atoms with Crippen molar-refractivity contribution in [3.05, 3.63) is 76.0 Å². The van der Waals surface area contributed by atoms with Crippen molar-refractivity contribution in [3.63, 3.8) is 0 Å². The SMILES string of the molecule is Cc1nc(-c2cccc(NC(=O)c3cccc(OCc4csc(C)n4)c3)c2)n[nH]1. The van der Waals surface area contributed by atoms with Crippen molar-refractivity contribution < 1.29 is 9.53 Å². The molecule has 0 spiro atoms. The van der Waals surface area contributed by atoms with Crippen LogP contribution < -0.4 is 10.1 Å². The van der Waals surface area contributed by atoms with Crippen molar-refractivity contribution in [1.82, 2.24) is 20.2 Å². The number of aromatic nitrogens is 4. The van der Waals surface area contributed by atoms with Gasteiger partial charge in [0.15, 0.2) is 5.82 Å². The van der Waals surface area contributed by atoms with E-state index in [2.05, 4.69) is 25.5 Å². The van der Waals surface area contributed by atoms with Crippen LogP contribution in [0.3, 0.4) is 0 Å². The van der Waals surface area contributed by atoms with Crippen LogP contribution in [-0.2, 0) is 6.61 Å². The largest absolute Gasteiger partial charge is 0.487 e. The van der Waals surface area contributed by atoms with E-state index >= 15 is 0 Å². The normalized spacial score (nSPS) is 10.7. The number of benzene rings is 2. The summed E-state index contributed by atoms with van der Waals surface area (Å²) in [7, 11) is 0. The van der Waals surface area contributed by atoms with Crippen LogP contribution in [0, 0.1) is 13.8 Å². The molecule has 0 radical (unpaired) electrons. The molecule has 2 N–H and O–H groups in total. The number of carbonyl (C=O) groups excluding carboxylic acids is 1. The Hall–Kier alpha value is -3.52. The molecular formula is C21H19N5O2S. The summed E-state index contributed by atoms with van der Waals surface area (Å²) >= 11 is 1.58. The molecule has 0 aliphatic rings. The molecule has 7 nitrogen and oxygen atoms in total. The van der Waals surface area contributed by atoms with Crippen LogP contribution >= 0.6 is 11.3 Å². The molecular weight excluding hydrogens is 386 g/mol. The topological polar surface area (TPSA) is 92.8 Å². The first-order chi connectivity index (χ1) is 14.1. The van der Waals surface area contributed by atoms with Gasteiger partial charge < -0.3 is 10.1 Å². The lowest BCUT2D eigenvalue weighted by Crippen LogP contribution is -2.12. The van der Waals surface area contributed by atoms with E-state index in [4.69, 9.17) is 4.74 Å². The van der Waals surface area contributed by atoms with E-state index in [1.807, 2.05) is 49.6 Å². The number of nitrogens with zero attached hydrogens (tertiary/aromatic N) is 3. The summed E-state index contributed by atoms with van der Waals surface area (Å²) in [5.74, 6) is 1.72. The van der Waals surface area contributed by atoms with Crippen molar-refractivity contribution in [2.24, 2.45) is 0 Å². The lowest BCUT2D eigenvalue weighted by Gasteiger charge is -2.09. The molecule has 0 unspecified atom stereocenters. The fraction of sp³-hybridized carbons (Fsp3) is 0.143. The highest BCUT2D eigenvalue weighted by molar-refractivity contribution is 7.09. The number of aromatic amines is 1. The molecule has 0 bridgehead atoms. The van der Waals surface area contributed by atoms with E-state index < -0.39 is 0 Å². The zero-order valence-corrected chi connectivity index (χ0v) is 16.8.